The van der Waals surface area contributed by atoms with Gasteiger partial charge in [-0.2, -0.15) is 0 Å². The first kappa shape index (κ1) is 11.4. The minimum Gasteiger partial charge on any atom is -0.361 e. The van der Waals surface area contributed by atoms with Crippen molar-refractivity contribution in [2.75, 3.05) is 0 Å². The predicted molar refractivity (Wildman–Crippen MR) is 64.6 cm³/mol. The lowest BCUT2D eigenvalue weighted by atomic mass is 10.4. The van der Waals surface area contributed by atoms with Crippen LogP contribution in [0.5, 0.6) is 0 Å². The molecule has 0 saturated heterocycles. The molecule has 14 heavy (non-hydrogen) atoms. The van der Waals surface area contributed by atoms with Gasteiger partial charge in [0.05, 0.1) is 6.54 Å². The quantitative estimate of drug-likeness (QED) is 0.775. The van der Waals surface area contributed by atoms with Gasteiger partial charge in [0.15, 0.2) is 5.11 Å². The van der Waals surface area contributed by atoms with Crippen molar-refractivity contribution in [3.8, 4) is 0 Å². The second-order valence-corrected chi connectivity index (χ2v) is 5.07. The molecule has 5 heteroatoms. The molecule has 1 rings (SSSR count). The van der Waals surface area contributed by atoms with Gasteiger partial charge in [0.1, 0.15) is 5.01 Å². The fourth-order valence-corrected chi connectivity index (χ4v) is 1.99. The second-order valence-electron chi connectivity index (χ2n) is 3.35. The molecule has 0 aliphatic heterocycles. The van der Waals surface area contributed by atoms with Crippen LogP contribution in [0.1, 0.15) is 23.7 Å². The summed E-state index contributed by atoms with van der Waals surface area (Å²) >= 11 is 6.78. The first-order chi connectivity index (χ1) is 6.58. The maximum absolute atomic E-state index is 5.09. The molecule has 0 aliphatic carbocycles. The number of nitrogens with zero attached hydrogens (tertiary/aromatic N) is 1. The molecular weight excluding hydrogens is 214 g/mol. The Morgan fingerprint density at radius 1 is 1.64 bits per heavy atom. The van der Waals surface area contributed by atoms with E-state index in [0.717, 1.165) is 5.01 Å². The number of hydrogen-bond donors (Lipinski definition) is 2. The predicted octanol–water partition coefficient (Wildman–Crippen LogP) is 1.82. The van der Waals surface area contributed by atoms with Gasteiger partial charge in [0, 0.05) is 17.1 Å². The van der Waals surface area contributed by atoms with Gasteiger partial charge in [-0.1, -0.05) is 0 Å². The van der Waals surface area contributed by atoms with Crippen LogP contribution in [0.25, 0.3) is 0 Å². The fraction of sp³-hybridized carbons (Fsp3) is 0.556. The molecule has 0 bridgehead atoms. The normalized spacial score (nSPS) is 10.3. The number of hydrogen-bond acceptors (Lipinski definition) is 3. The van der Waals surface area contributed by atoms with Crippen LogP contribution in [0, 0.1) is 6.92 Å². The van der Waals surface area contributed by atoms with E-state index in [1.807, 2.05) is 13.1 Å². The van der Waals surface area contributed by atoms with Gasteiger partial charge in [-0.15, -0.1) is 11.3 Å². The van der Waals surface area contributed by atoms with E-state index in [2.05, 4.69) is 29.5 Å². The first-order valence-corrected chi connectivity index (χ1v) is 5.76. The summed E-state index contributed by atoms with van der Waals surface area (Å²) in [5.74, 6) is 0. The maximum atomic E-state index is 5.09. The van der Waals surface area contributed by atoms with Gasteiger partial charge in [-0.3, -0.25) is 0 Å². The summed E-state index contributed by atoms with van der Waals surface area (Å²) in [6.45, 7) is 6.87. The van der Waals surface area contributed by atoms with Crippen LogP contribution in [0.2, 0.25) is 0 Å². The zero-order valence-electron chi connectivity index (χ0n) is 8.63. The molecule has 78 valence electrons. The number of thiazole rings is 1. The highest BCUT2D eigenvalue weighted by Gasteiger charge is 2.00. The van der Waals surface area contributed by atoms with E-state index in [1.165, 1.54) is 4.88 Å². The van der Waals surface area contributed by atoms with Gasteiger partial charge in [-0.25, -0.2) is 4.98 Å². The third-order valence-electron chi connectivity index (χ3n) is 1.49. The zero-order valence-corrected chi connectivity index (χ0v) is 10.3. The third-order valence-corrected chi connectivity index (χ3v) is 2.66. The Morgan fingerprint density at radius 3 is 2.86 bits per heavy atom. The summed E-state index contributed by atoms with van der Waals surface area (Å²) in [6.07, 6.45) is 1.88. The van der Waals surface area contributed by atoms with Crippen molar-refractivity contribution in [1.29, 1.82) is 0 Å². The topological polar surface area (TPSA) is 37.0 Å². The minimum atomic E-state index is 0.369. The van der Waals surface area contributed by atoms with Crippen molar-refractivity contribution in [3.63, 3.8) is 0 Å². The van der Waals surface area contributed by atoms with Crippen LogP contribution in [-0.2, 0) is 6.54 Å². The Hall–Kier alpha value is -0.680. The van der Waals surface area contributed by atoms with E-state index in [0.29, 0.717) is 17.7 Å². The summed E-state index contributed by atoms with van der Waals surface area (Å²) < 4.78 is 0. The highest BCUT2D eigenvalue weighted by atomic mass is 32.1. The number of rotatable bonds is 3. The van der Waals surface area contributed by atoms with Crippen LogP contribution in [-0.4, -0.2) is 16.1 Å². The van der Waals surface area contributed by atoms with Crippen molar-refractivity contribution in [2.45, 2.75) is 33.4 Å². The molecule has 0 aromatic carbocycles. The molecule has 0 radical (unpaired) electrons. The van der Waals surface area contributed by atoms with E-state index in [-0.39, 0.29) is 0 Å². The molecule has 0 fully saturated rings. The molecule has 0 amide bonds. The molecule has 2 N–H and O–H groups in total. The SMILES string of the molecule is Cc1cnc(CNC(=S)NC(C)C)s1. The van der Waals surface area contributed by atoms with Gasteiger partial charge >= 0.3 is 0 Å². The number of aryl methyl sites for hydroxylation is 1. The van der Waals surface area contributed by atoms with Crippen molar-refractivity contribution in [3.05, 3.63) is 16.1 Å². The van der Waals surface area contributed by atoms with Crippen LogP contribution in [0.4, 0.5) is 0 Å². The lowest BCUT2D eigenvalue weighted by Gasteiger charge is -2.11. The lowest BCUT2D eigenvalue weighted by Crippen LogP contribution is -2.38. The molecule has 3 nitrogen and oxygen atoms in total. The van der Waals surface area contributed by atoms with E-state index in [4.69, 9.17) is 12.2 Å². The molecule has 0 atom stereocenters. The van der Waals surface area contributed by atoms with Crippen molar-refractivity contribution in [2.24, 2.45) is 0 Å². The van der Waals surface area contributed by atoms with E-state index in [9.17, 15) is 0 Å². The van der Waals surface area contributed by atoms with Crippen molar-refractivity contribution >= 4 is 28.7 Å². The van der Waals surface area contributed by atoms with Crippen molar-refractivity contribution < 1.29 is 0 Å². The highest BCUT2D eigenvalue weighted by Crippen LogP contribution is 2.10. The summed E-state index contributed by atoms with van der Waals surface area (Å²) in [7, 11) is 0. The Bertz CT molecular complexity index is 307. The van der Waals surface area contributed by atoms with Crippen LogP contribution < -0.4 is 10.6 Å². The van der Waals surface area contributed by atoms with Gasteiger partial charge in [0.25, 0.3) is 0 Å². The minimum absolute atomic E-state index is 0.369. The molecule has 1 aromatic heterocycles. The second kappa shape index (κ2) is 5.26. The standard InChI is InChI=1S/C9H15N3S2/c1-6(2)12-9(13)11-5-8-10-4-7(3)14-8/h4,6H,5H2,1-3H3,(H2,11,12,13). The molecule has 0 saturated carbocycles. The van der Waals surface area contributed by atoms with Gasteiger partial charge in [-0.05, 0) is 33.0 Å². The third kappa shape index (κ3) is 4.02. The maximum Gasteiger partial charge on any atom is 0.166 e. The van der Waals surface area contributed by atoms with E-state index < -0.39 is 0 Å². The van der Waals surface area contributed by atoms with Crippen LogP contribution >= 0.6 is 23.6 Å². The average molecular weight is 229 g/mol. The van der Waals surface area contributed by atoms with E-state index >= 15 is 0 Å². The smallest absolute Gasteiger partial charge is 0.166 e. The summed E-state index contributed by atoms with van der Waals surface area (Å²) in [5, 5.41) is 7.98. The van der Waals surface area contributed by atoms with Crippen LogP contribution in [0.3, 0.4) is 0 Å². The summed E-state index contributed by atoms with van der Waals surface area (Å²) in [4.78, 5) is 5.46. The van der Waals surface area contributed by atoms with Gasteiger partial charge in [0.2, 0.25) is 0 Å². The highest BCUT2D eigenvalue weighted by molar-refractivity contribution is 7.80. The molecule has 1 heterocycles. The number of aromatic nitrogens is 1. The average Bonchev–Trinajstić information content (AvgIpc) is 2.47. The Labute approximate surface area is 93.9 Å². The lowest BCUT2D eigenvalue weighted by molar-refractivity contribution is 0.712. The first-order valence-electron chi connectivity index (χ1n) is 4.53. The zero-order chi connectivity index (χ0) is 10.6. The van der Waals surface area contributed by atoms with Crippen molar-refractivity contribution in [1.82, 2.24) is 15.6 Å². The Balaban J connectivity index is 2.30. The number of nitrogens with one attached hydrogen (secondary N) is 2. The number of thiocarbonyl (C=S) groups is 1. The Kier molecular flexibility index (Phi) is 4.28. The monoisotopic (exact) mass is 229 g/mol. The van der Waals surface area contributed by atoms with Gasteiger partial charge < -0.3 is 10.6 Å². The molecule has 1 aromatic rings. The van der Waals surface area contributed by atoms with Crippen LogP contribution in [0.15, 0.2) is 6.20 Å². The molecule has 0 spiro atoms. The summed E-state index contributed by atoms with van der Waals surface area (Å²) in [5.41, 5.74) is 0. The molecular formula is C9H15N3S2. The molecule has 0 aliphatic rings. The molecule has 0 unspecified atom stereocenters. The largest absolute Gasteiger partial charge is 0.361 e. The fourth-order valence-electron chi connectivity index (χ4n) is 0.952. The van der Waals surface area contributed by atoms with E-state index in [1.54, 1.807) is 11.3 Å². The Morgan fingerprint density at radius 2 is 2.36 bits per heavy atom. The summed E-state index contributed by atoms with van der Waals surface area (Å²) in [6, 6.07) is 0.369.